The van der Waals surface area contributed by atoms with E-state index in [1.54, 1.807) is 12.1 Å². The summed E-state index contributed by atoms with van der Waals surface area (Å²) in [5, 5.41) is 13.2. The predicted molar refractivity (Wildman–Crippen MR) is 100 cm³/mol. The molecule has 4 rings (SSSR count). The van der Waals surface area contributed by atoms with E-state index in [1.165, 1.54) is 5.56 Å². The van der Waals surface area contributed by atoms with Crippen LogP contribution in [0.4, 0.5) is 0 Å². The maximum atomic E-state index is 9.09. The lowest BCUT2D eigenvalue weighted by molar-refractivity contribution is 0.110. The number of rotatable bonds is 4. The van der Waals surface area contributed by atoms with Gasteiger partial charge in [0.05, 0.1) is 23.4 Å². The Morgan fingerprint density at radius 1 is 1.26 bits per heavy atom. The summed E-state index contributed by atoms with van der Waals surface area (Å²) >= 11 is 0. The normalized spacial score (nSPS) is 17.6. The molecule has 0 radical (unpaired) electrons. The van der Waals surface area contributed by atoms with Crippen molar-refractivity contribution >= 4 is 0 Å². The number of piperidine rings is 1. The minimum atomic E-state index is 0.0977. The van der Waals surface area contributed by atoms with E-state index in [1.807, 2.05) is 24.4 Å². The van der Waals surface area contributed by atoms with Gasteiger partial charge in [0, 0.05) is 18.3 Å². The molecule has 2 aromatic heterocycles. The topological polar surface area (TPSA) is 78.8 Å². The van der Waals surface area contributed by atoms with Crippen molar-refractivity contribution in [1.82, 2.24) is 20.0 Å². The lowest BCUT2D eigenvalue weighted by Crippen LogP contribution is -2.33. The Balaban J connectivity index is 1.58. The fourth-order valence-corrected chi connectivity index (χ4v) is 3.55. The van der Waals surface area contributed by atoms with E-state index >= 15 is 0 Å². The summed E-state index contributed by atoms with van der Waals surface area (Å²) in [6.07, 6.45) is 5.14. The average molecular weight is 359 g/mol. The van der Waals surface area contributed by atoms with Gasteiger partial charge in [-0.05, 0) is 50.1 Å². The molecule has 0 N–H and O–H groups in total. The molecule has 1 fully saturated rings. The van der Waals surface area contributed by atoms with Gasteiger partial charge in [0.15, 0.2) is 0 Å². The van der Waals surface area contributed by atoms with E-state index in [9.17, 15) is 0 Å². The fourth-order valence-electron chi connectivity index (χ4n) is 3.55. The molecule has 1 aliphatic heterocycles. The van der Waals surface area contributed by atoms with E-state index in [-0.39, 0.29) is 6.04 Å². The number of aromatic nitrogens is 3. The highest BCUT2D eigenvalue weighted by atomic mass is 16.5. The Morgan fingerprint density at radius 3 is 3.04 bits per heavy atom. The Bertz CT molecular complexity index is 974. The molecule has 1 aliphatic rings. The predicted octanol–water partition coefficient (Wildman–Crippen LogP) is 4.04. The molecule has 136 valence electrons. The number of aryl methyl sites for hydroxylation is 1. The molecule has 0 bridgehead atoms. The Hall–Kier alpha value is -3.04. The van der Waals surface area contributed by atoms with Crippen LogP contribution >= 0.6 is 0 Å². The first-order chi connectivity index (χ1) is 13.2. The summed E-state index contributed by atoms with van der Waals surface area (Å²) in [7, 11) is 0. The summed E-state index contributed by atoms with van der Waals surface area (Å²) in [6.45, 7) is 3.86. The maximum absolute atomic E-state index is 9.09. The number of benzene rings is 1. The monoisotopic (exact) mass is 359 g/mol. The van der Waals surface area contributed by atoms with Gasteiger partial charge in [-0.1, -0.05) is 29.8 Å². The second kappa shape index (κ2) is 7.68. The van der Waals surface area contributed by atoms with Gasteiger partial charge >= 0.3 is 0 Å². The minimum absolute atomic E-state index is 0.0977. The zero-order chi connectivity index (χ0) is 18.6. The lowest BCUT2D eigenvalue weighted by Gasteiger charge is -2.33. The Kier molecular flexibility index (Phi) is 4.95. The van der Waals surface area contributed by atoms with Gasteiger partial charge in [-0.25, -0.2) is 0 Å². The number of hydrogen-bond donors (Lipinski definition) is 0. The Labute approximate surface area is 158 Å². The van der Waals surface area contributed by atoms with Crippen LogP contribution in [0.3, 0.4) is 0 Å². The molecular formula is C21H21N5O. The lowest BCUT2D eigenvalue weighted by atomic mass is 10.0. The van der Waals surface area contributed by atoms with Crippen LogP contribution in [0.5, 0.6) is 0 Å². The SMILES string of the molecule is Cc1cccnc1CN1CCCCC1c1nc(-c2cccc(C#N)c2)no1. The van der Waals surface area contributed by atoms with Crippen molar-refractivity contribution in [3.63, 3.8) is 0 Å². The van der Waals surface area contributed by atoms with Gasteiger partial charge < -0.3 is 4.52 Å². The van der Waals surface area contributed by atoms with Crippen molar-refractivity contribution in [3.8, 4) is 17.5 Å². The first-order valence-electron chi connectivity index (χ1n) is 9.23. The zero-order valence-electron chi connectivity index (χ0n) is 15.3. The smallest absolute Gasteiger partial charge is 0.244 e. The molecule has 0 amide bonds. The maximum Gasteiger partial charge on any atom is 0.244 e. The van der Waals surface area contributed by atoms with E-state index in [0.29, 0.717) is 17.3 Å². The molecule has 1 atom stereocenters. The van der Waals surface area contributed by atoms with Crippen LogP contribution in [0.25, 0.3) is 11.4 Å². The molecule has 3 heterocycles. The molecule has 1 saturated heterocycles. The van der Waals surface area contributed by atoms with E-state index in [4.69, 9.17) is 9.78 Å². The van der Waals surface area contributed by atoms with E-state index in [0.717, 1.165) is 43.6 Å². The number of hydrogen-bond acceptors (Lipinski definition) is 6. The van der Waals surface area contributed by atoms with Crippen LogP contribution in [-0.4, -0.2) is 26.6 Å². The molecule has 0 spiro atoms. The van der Waals surface area contributed by atoms with Crippen molar-refractivity contribution in [3.05, 3.63) is 65.3 Å². The van der Waals surface area contributed by atoms with E-state index in [2.05, 4.69) is 39.1 Å². The standard InChI is InChI=1S/C21H21N5O/c1-15-6-5-10-23-18(15)14-26-11-3-2-9-19(26)21-24-20(25-27-21)17-8-4-7-16(12-17)13-22/h4-8,10,12,19H,2-3,9,11,14H2,1H3. The third-order valence-corrected chi connectivity index (χ3v) is 5.06. The average Bonchev–Trinajstić information content (AvgIpc) is 3.20. The van der Waals surface area contributed by atoms with Gasteiger partial charge in [0.2, 0.25) is 11.7 Å². The molecule has 6 heteroatoms. The van der Waals surface area contributed by atoms with Crippen molar-refractivity contribution in [2.24, 2.45) is 0 Å². The number of nitriles is 1. The molecule has 1 aromatic carbocycles. The van der Waals surface area contributed by atoms with Crippen LogP contribution in [-0.2, 0) is 6.54 Å². The summed E-state index contributed by atoms with van der Waals surface area (Å²) < 4.78 is 5.62. The second-order valence-electron chi connectivity index (χ2n) is 6.90. The zero-order valence-corrected chi connectivity index (χ0v) is 15.3. The molecular weight excluding hydrogens is 338 g/mol. The molecule has 27 heavy (non-hydrogen) atoms. The van der Waals surface area contributed by atoms with Crippen LogP contribution in [0.15, 0.2) is 47.1 Å². The van der Waals surface area contributed by atoms with Crippen molar-refractivity contribution in [1.29, 1.82) is 5.26 Å². The number of likely N-dealkylation sites (tertiary alicyclic amines) is 1. The third-order valence-electron chi connectivity index (χ3n) is 5.06. The molecule has 0 aliphatic carbocycles. The highest BCUT2D eigenvalue weighted by Gasteiger charge is 2.29. The summed E-state index contributed by atoms with van der Waals surface area (Å²) in [5.41, 5.74) is 3.67. The van der Waals surface area contributed by atoms with Crippen molar-refractivity contribution in [2.75, 3.05) is 6.54 Å². The molecule has 3 aromatic rings. The summed E-state index contributed by atoms with van der Waals surface area (Å²) in [6, 6.07) is 13.6. The van der Waals surface area contributed by atoms with Gasteiger partial charge in [-0.2, -0.15) is 10.2 Å². The van der Waals surface area contributed by atoms with Crippen molar-refractivity contribution < 1.29 is 4.52 Å². The van der Waals surface area contributed by atoms with Gasteiger partial charge in [-0.15, -0.1) is 0 Å². The highest BCUT2D eigenvalue weighted by molar-refractivity contribution is 5.57. The highest BCUT2D eigenvalue weighted by Crippen LogP contribution is 2.32. The summed E-state index contributed by atoms with van der Waals surface area (Å²) in [5.74, 6) is 1.17. The van der Waals surface area contributed by atoms with Gasteiger partial charge in [-0.3, -0.25) is 9.88 Å². The van der Waals surface area contributed by atoms with E-state index < -0.39 is 0 Å². The molecule has 0 saturated carbocycles. The van der Waals surface area contributed by atoms with Crippen molar-refractivity contribution in [2.45, 2.75) is 38.8 Å². The Morgan fingerprint density at radius 2 is 2.19 bits per heavy atom. The first-order valence-corrected chi connectivity index (χ1v) is 9.23. The molecule has 6 nitrogen and oxygen atoms in total. The largest absolute Gasteiger partial charge is 0.337 e. The van der Waals surface area contributed by atoms with Gasteiger partial charge in [0.1, 0.15) is 0 Å². The fraction of sp³-hybridized carbons (Fsp3) is 0.333. The van der Waals surface area contributed by atoms with Gasteiger partial charge in [0.25, 0.3) is 0 Å². The quantitative estimate of drug-likeness (QED) is 0.699. The number of nitrogens with zero attached hydrogens (tertiary/aromatic N) is 5. The summed E-state index contributed by atoms with van der Waals surface area (Å²) in [4.78, 5) is 11.6. The second-order valence-corrected chi connectivity index (χ2v) is 6.90. The minimum Gasteiger partial charge on any atom is -0.337 e. The van der Waals surface area contributed by atoms with Crippen LogP contribution in [0.2, 0.25) is 0 Å². The van der Waals surface area contributed by atoms with Crippen LogP contribution in [0.1, 0.15) is 48.0 Å². The number of pyridine rings is 1. The van der Waals surface area contributed by atoms with Crippen LogP contribution in [0, 0.1) is 18.3 Å². The molecule has 1 unspecified atom stereocenters. The third kappa shape index (κ3) is 3.74. The van der Waals surface area contributed by atoms with Crippen LogP contribution < -0.4 is 0 Å². The first kappa shape index (κ1) is 17.4.